The molecule has 0 heterocycles. The summed E-state index contributed by atoms with van der Waals surface area (Å²) in [6.45, 7) is 16.2. The van der Waals surface area contributed by atoms with Gasteiger partial charge in [-0.2, -0.15) is 0 Å². The summed E-state index contributed by atoms with van der Waals surface area (Å²) in [4.78, 5) is 0. The Balaban J connectivity index is 4.34. The molecule has 0 heteroatoms. The molecule has 73 valence electrons. The summed E-state index contributed by atoms with van der Waals surface area (Å²) >= 11 is 0. The highest BCUT2D eigenvalue weighted by Crippen LogP contribution is 2.41. The molecule has 0 bridgehead atoms. The predicted molar refractivity (Wildman–Crippen MR) is 57.0 cm³/mol. The van der Waals surface area contributed by atoms with E-state index in [1.807, 2.05) is 0 Å². The van der Waals surface area contributed by atoms with Crippen LogP contribution in [-0.4, -0.2) is 0 Å². The quantitative estimate of drug-likeness (QED) is 0.590. The van der Waals surface area contributed by atoms with Crippen LogP contribution in [0.25, 0.3) is 0 Å². The van der Waals surface area contributed by atoms with Gasteiger partial charge in [0.2, 0.25) is 0 Å². The molecule has 0 fully saturated rings. The van der Waals surface area contributed by atoms with Crippen LogP contribution in [0.2, 0.25) is 0 Å². The molecule has 0 saturated carbocycles. The van der Waals surface area contributed by atoms with Crippen molar-refractivity contribution in [2.24, 2.45) is 16.7 Å². The molecule has 0 aromatic heterocycles. The fourth-order valence-electron chi connectivity index (χ4n) is 1.82. The highest BCUT2D eigenvalue weighted by Gasteiger charge is 2.33. The van der Waals surface area contributed by atoms with Crippen molar-refractivity contribution >= 4 is 0 Å². The minimum absolute atomic E-state index is 0.368. The van der Waals surface area contributed by atoms with E-state index < -0.39 is 0 Å². The van der Waals surface area contributed by atoms with Crippen LogP contribution in [0.5, 0.6) is 0 Å². The topological polar surface area (TPSA) is 0 Å². The molecule has 0 aromatic carbocycles. The Morgan fingerprint density at radius 1 is 1.08 bits per heavy atom. The monoisotopic (exact) mass is 169 g/mol. The number of rotatable bonds is 3. The Kier molecular flexibility index (Phi) is 3.81. The molecule has 1 radical (unpaired) electrons. The van der Waals surface area contributed by atoms with E-state index in [1.54, 1.807) is 0 Å². The molecule has 0 aliphatic rings. The lowest BCUT2D eigenvalue weighted by Gasteiger charge is -2.40. The molecule has 0 amide bonds. The van der Waals surface area contributed by atoms with Crippen LogP contribution < -0.4 is 0 Å². The van der Waals surface area contributed by atoms with Gasteiger partial charge in [0.25, 0.3) is 0 Å². The fourth-order valence-corrected chi connectivity index (χ4v) is 1.82. The first-order valence-corrected chi connectivity index (χ1v) is 5.06. The minimum Gasteiger partial charge on any atom is -0.0651 e. The van der Waals surface area contributed by atoms with Crippen LogP contribution in [0, 0.1) is 23.2 Å². The highest BCUT2D eigenvalue weighted by molar-refractivity contribution is 4.92. The van der Waals surface area contributed by atoms with Crippen molar-refractivity contribution in [3.63, 3.8) is 0 Å². The van der Waals surface area contributed by atoms with Gasteiger partial charge in [0, 0.05) is 0 Å². The van der Waals surface area contributed by atoms with Crippen molar-refractivity contribution in [2.75, 3.05) is 0 Å². The summed E-state index contributed by atoms with van der Waals surface area (Å²) in [5.41, 5.74) is 0.780. The molecule has 0 aromatic rings. The molecule has 0 saturated heterocycles. The van der Waals surface area contributed by atoms with Crippen molar-refractivity contribution in [1.29, 1.82) is 0 Å². The summed E-state index contributed by atoms with van der Waals surface area (Å²) < 4.78 is 0. The average molecular weight is 169 g/mol. The van der Waals surface area contributed by atoms with Gasteiger partial charge in [-0.05, 0) is 23.2 Å². The molecule has 1 atom stereocenters. The molecule has 0 aliphatic heterocycles. The molecule has 12 heavy (non-hydrogen) atoms. The molecular formula is C12H25. The summed E-state index contributed by atoms with van der Waals surface area (Å²) in [5, 5.41) is 0. The van der Waals surface area contributed by atoms with Crippen molar-refractivity contribution in [3.8, 4) is 0 Å². The lowest BCUT2D eigenvalue weighted by atomic mass is 9.65. The third kappa shape index (κ3) is 3.16. The molecule has 0 aliphatic carbocycles. The van der Waals surface area contributed by atoms with Crippen LogP contribution in [0.4, 0.5) is 0 Å². The lowest BCUT2D eigenvalue weighted by Crippen LogP contribution is -2.32. The van der Waals surface area contributed by atoms with Crippen LogP contribution in [0.3, 0.4) is 0 Å². The van der Waals surface area contributed by atoms with E-state index in [0.29, 0.717) is 10.8 Å². The molecule has 0 spiro atoms. The fraction of sp³-hybridized carbons (Fsp3) is 0.917. The van der Waals surface area contributed by atoms with E-state index in [2.05, 4.69) is 54.9 Å². The third-order valence-corrected chi connectivity index (χ3v) is 3.15. The van der Waals surface area contributed by atoms with Crippen molar-refractivity contribution in [3.05, 3.63) is 6.42 Å². The van der Waals surface area contributed by atoms with Gasteiger partial charge >= 0.3 is 0 Å². The second-order valence-corrected chi connectivity index (χ2v) is 5.52. The summed E-state index contributed by atoms with van der Waals surface area (Å²) in [6, 6.07) is 0. The summed E-state index contributed by atoms with van der Waals surface area (Å²) in [5.74, 6) is 0.727. The van der Waals surface area contributed by atoms with Gasteiger partial charge in [-0.1, -0.05) is 54.9 Å². The molecular weight excluding hydrogens is 144 g/mol. The predicted octanol–water partition coefficient (Wildman–Crippen LogP) is 4.31. The van der Waals surface area contributed by atoms with Gasteiger partial charge in [0.05, 0.1) is 0 Å². The van der Waals surface area contributed by atoms with Gasteiger partial charge < -0.3 is 0 Å². The van der Waals surface area contributed by atoms with Crippen molar-refractivity contribution in [1.82, 2.24) is 0 Å². The molecule has 0 nitrogen and oxygen atoms in total. The van der Waals surface area contributed by atoms with E-state index >= 15 is 0 Å². The first-order valence-electron chi connectivity index (χ1n) is 5.06. The van der Waals surface area contributed by atoms with Crippen LogP contribution in [0.15, 0.2) is 0 Å². The van der Waals surface area contributed by atoms with Gasteiger partial charge in [-0.25, -0.2) is 0 Å². The van der Waals surface area contributed by atoms with Gasteiger partial charge in [-0.3, -0.25) is 0 Å². The van der Waals surface area contributed by atoms with E-state index in [0.717, 1.165) is 5.92 Å². The van der Waals surface area contributed by atoms with Crippen LogP contribution >= 0.6 is 0 Å². The Morgan fingerprint density at radius 3 is 1.75 bits per heavy atom. The zero-order valence-electron chi connectivity index (χ0n) is 9.86. The SMILES string of the molecule is CC[CH]C(C)(C)C(C)C(C)(C)C. The summed E-state index contributed by atoms with van der Waals surface area (Å²) in [7, 11) is 0. The van der Waals surface area contributed by atoms with E-state index in [4.69, 9.17) is 0 Å². The minimum atomic E-state index is 0.368. The molecule has 1 unspecified atom stereocenters. The standard InChI is InChI=1S/C12H25/c1-8-9-12(6,7)10(2)11(3,4)5/h9-10H,8H2,1-7H3. The second-order valence-electron chi connectivity index (χ2n) is 5.52. The van der Waals surface area contributed by atoms with Crippen molar-refractivity contribution < 1.29 is 0 Å². The van der Waals surface area contributed by atoms with E-state index in [9.17, 15) is 0 Å². The first-order chi connectivity index (χ1) is 5.22. The Hall–Kier alpha value is 0. The maximum absolute atomic E-state index is 2.43. The highest BCUT2D eigenvalue weighted by atomic mass is 14.4. The molecule has 0 rings (SSSR count). The Morgan fingerprint density at radius 2 is 1.50 bits per heavy atom. The third-order valence-electron chi connectivity index (χ3n) is 3.15. The number of hydrogen-bond acceptors (Lipinski definition) is 0. The van der Waals surface area contributed by atoms with Gasteiger partial charge in [-0.15, -0.1) is 0 Å². The van der Waals surface area contributed by atoms with E-state index in [-0.39, 0.29) is 0 Å². The maximum Gasteiger partial charge on any atom is -0.0293 e. The Labute approximate surface area is 78.8 Å². The largest absolute Gasteiger partial charge is 0.0651 e. The average Bonchev–Trinajstić information content (AvgIpc) is 1.84. The first kappa shape index (κ1) is 12.0. The van der Waals surface area contributed by atoms with E-state index in [1.165, 1.54) is 6.42 Å². The summed E-state index contributed by atoms with van der Waals surface area (Å²) in [6.07, 6.45) is 3.61. The van der Waals surface area contributed by atoms with Crippen LogP contribution in [0.1, 0.15) is 54.9 Å². The van der Waals surface area contributed by atoms with Gasteiger partial charge in [0.1, 0.15) is 0 Å². The second kappa shape index (κ2) is 3.81. The smallest absolute Gasteiger partial charge is 0.0293 e. The zero-order chi connectivity index (χ0) is 9.99. The molecule has 0 N–H and O–H groups in total. The van der Waals surface area contributed by atoms with Crippen molar-refractivity contribution in [2.45, 2.75) is 54.9 Å². The van der Waals surface area contributed by atoms with Gasteiger partial charge in [0.15, 0.2) is 0 Å². The zero-order valence-corrected chi connectivity index (χ0v) is 9.86. The Bertz CT molecular complexity index is 125. The lowest BCUT2D eigenvalue weighted by molar-refractivity contribution is 0.129. The maximum atomic E-state index is 2.43. The number of hydrogen-bond donors (Lipinski definition) is 0. The van der Waals surface area contributed by atoms with Crippen LogP contribution in [-0.2, 0) is 0 Å². The normalized spacial score (nSPS) is 16.2.